The quantitative estimate of drug-likeness (QED) is 0.827. The van der Waals surface area contributed by atoms with E-state index >= 15 is 0 Å². The highest BCUT2D eigenvalue weighted by Gasteiger charge is 2.35. The van der Waals surface area contributed by atoms with Gasteiger partial charge < -0.3 is 15.0 Å². The molecule has 0 bridgehead atoms. The number of aryl methyl sites for hydroxylation is 1. The highest BCUT2D eigenvalue weighted by Crippen LogP contribution is 2.27. The summed E-state index contributed by atoms with van der Waals surface area (Å²) in [6.07, 6.45) is 0. The minimum Gasteiger partial charge on any atom is -0.496 e. The summed E-state index contributed by atoms with van der Waals surface area (Å²) in [6, 6.07) is 5.45. The second kappa shape index (κ2) is 6.13. The molecule has 6 heteroatoms. The minimum atomic E-state index is -0.258. The number of rotatable bonds is 5. The molecule has 1 N–H and O–H groups in total. The van der Waals surface area contributed by atoms with Crippen molar-refractivity contribution in [3.63, 3.8) is 0 Å². The van der Waals surface area contributed by atoms with Crippen LogP contribution in [0.4, 0.5) is 4.79 Å². The van der Waals surface area contributed by atoms with E-state index in [1.165, 1.54) is 9.80 Å². The maximum absolute atomic E-state index is 12.0. The Morgan fingerprint density at radius 3 is 2.62 bits per heavy atom. The van der Waals surface area contributed by atoms with E-state index in [0.29, 0.717) is 6.54 Å². The van der Waals surface area contributed by atoms with Crippen LogP contribution < -0.4 is 10.1 Å². The van der Waals surface area contributed by atoms with Gasteiger partial charge >= 0.3 is 6.03 Å². The molecule has 1 unspecified atom stereocenters. The number of carbonyl (C=O) groups is 2. The van der Waals surface area contributed by atoms with Gasteiger partial charge in [-0.05, 0) is 20.0 Å². The maximum atomic E-state index is 12.0. The monoisotopic (exact) mass is 291 g/mol. The molecule has 1 aliphatic rings. The van der Waals surface area contributed by atoms with E-state index in [-0.39, 0.29) is 24.5 Å². The Hall–Kier alpha value is -2.08. The fourth-order valence-corrected chi connectivity index (χ4v) is 2.50. The zero-order valence-electron chi connectivity index (χ0n) is 12.8. The molecule has 1 atom stereocenters. The lowest BCUT2D eigenvalue weighted by atomic mass is 10.0. The average molecular weight is 291 g/mol. The number of amides is 3. The number of hydrogen-bond donors (Lipinski definition) is 1. The molecular weight excluding hydrogens is 270 g/mol. The van der Waals surface area contributed by atoms with Gasteiger partial charge in [-0.25, -0.2) is 4.79 Å². The van der Waals surface area contributed by atoms with Crippen molar-refractivity contribution in [2.45, 2.75) is 13.0 Å². The van der Waals surface area contributed by atoms with Gasteiger partial charge in [0.25, 0.3) is 0 Å². The molecule has 21 heavy (non-hydrogen) atoms. The first kappa shape index (κ1) is 15.3. The molecule has 0 aromatic heterocycles. The standard InChI is InChI=1S/C15H21N3O3/c1-10-5-6-13(21-4)11(7-10)12(16-2)8-18-14(19)9-17(3)15(18)20/h5-7,12,16H,8-9H2,1-4H3. The largest absolute Gasteiger partial charge is 0.496 e. The van der Waals surface area contributed by atoms with Crippen molar-refractivity contribution in [2.24, 2.45) is 0 Å². The smallest absolute Gasteiger partial charge is 0.327 e. The maximum Gasteiger partial charge on any atom is 0.327 e. The van der Waals surface area contributed by atoms with E-state index < -0.39 is 0 Å². The SMILES string of the molecule is CNC(CN1C(=O)CN(C)C1=O)c1cc(C)ccc1OC. The van der Waals surface area contributed by atoms with Crippen molar-refractivity contribution in [2.75, 3.05) is 34.3 Å². The van der Waals surface area contributed by atoms with E-state index in [2.05, 4.69) is 5.32 Å². The summed E-state index contributed by atoms with van der Waals surface area (Å²) in [4.78, 5) is 26.6. The Kier molecular flexibility index (Phi) is 4.47. The van der Waals surface area contributed by atoms with Crippen LogP contribution in [0.5, 0.6) is 5.75 Å². The summed E-state index contributed by atoms with van der Waals surface area (Å²) in [5, 5.41) is 3.16. The van der Waals surface area contributed by atoms with Crippen LogP contribution in [0.1, 0.15) is 17.2 Å². The van der Waals surface area contributed by atoms with Gasteiger partial charge in [-0.2, -0.15) is 0 Å². The van der Waals surface area contributed by atoms with E-state index in [1.54, 1.807) is 21.2 Å². The number of urea groups is 1. The normalized spacial score (nSPS) is 16.6. The Labute approximate surface area is 124 Å². The van der Waals surface area contributed by atoms with Gasteiger partial charge in [0.05, 0.1) is 19.7 Å². The van der Waals surface area contributed by atoms with Crippen molar-refractivity contribution in [1.29, 1.82) is 0 Å². The third-order valence-corrected chi connectivity index (χ3v) is 3.71. The fraction of sp³-hybridized carbons (Fsp3) is 0.467. The first-order chi connectivity index (χ1) is 9.97. The summed E-state index contributed by atoms with van der Waals surface area (Å²) >= 11 is 0. The van der Waals surface area contributed by atoms with E-state index in [9.17, 15) is 9.59 Å². The van der Waals surface area contributed by atoms with Crippen molar-refractivity contribution in [3.05, 3.63) is 29.3 Å². The molecule has 1 aromatic carbocycles. The summed E-state index contributed by atoms with van der Waals surface area (Å²) in [5.41, 5.74) is 2.04. The molecule has 1 aliphatic heterocycles. The number of nitrogens with zero attached hydrogens (tertiary/aromatic N) is 2. The molecule has 0 radical (unpaired) electrons. The number of carbonyl (C=O) groups excluding carboxylic acids is 2. The number of likely N-dealkylation sites (N-methyl/N-ethyl adjacent to an activating group) is 2. The van der Waals surface area contributed by atoms with Crippen LogP contribution in [0, 0.1) is 6.92 Å². The van der Waals surface area contributed by atoms with Crippen LogP contribution in [-0.2, 0) is 4.79 Å². The van der Waals surface area contributed by atoms with Gasteiger partial charge in [-0.3, -0.25) is 9.69 Å². The topological polar surface area (TPSA) is 61.9 Å². The molecule has 2 rings (SSSR count). The molecule has 1 aromatic rings. The lowest BCUT2D eigenvalue weighted by Gasteiger charge is -2.24. The summed E-state index contributed by atoms with van der Waals surface area (Å²) in [7, 11) is 5.05. The van der Waals surface area contributed by atoms with Gasteiger partial charge in [0, 0.05) is 12.6 Å². The average Bonchev–Trinajstić information content (AvgIpc) is 2.70. The second-order valence-corrected chi connectivity index (χ2v) is 5.23. The van der Waals surface area contributed by atoms with Crippen molar-refractivity contribution in [1.82, 2.24) is 15.1 Å². The van der Waals surface area contributed by atoms with Crippen LogP contribution in [-0.4, -0.2) is 56.0 Å². The zero-order chi connectivity index (χ0) is 15.6. The number of imide groups is 1. The van der Waals surface area contributed by atoms with Gasteiger partial charge in [0.15, 0.2) is 0 Å². The highest BCUT2D eigenvalue weighted by molar-refractivity contribution is 6.01. The first-order valence-corrected chi connectivity index (χ1v) is 6.85. The molecule has 1 heterocycles. The van der Waals surface area contributed by atoms with Crippen LogP contribution in [0.25, 0.3) is 0 Å². The van der Waals surface area contributed by atoms with Gasteiger partial charge in [-0.15, -0.1) is 0 Å². The molecule has 3 amide bonds. The third kappa shape index (κ3) is 3.00. The molecule has 6 nitrogen and oxygen atoms in total. The van der Waals surface area contributed by atoms with Crippen molar-refractivity contribution in [3.8, 4) is 5.75 Å². The molecule has 114 valence electrons. The van der Waals surface area contributed by atoms with Gasteiger partial charge in [0.2, 0.25) is 5.91 Å². The van der Waals surface area contributed by atoms with Crippen molar-refractivity contribution >= 4 is 11.9 Å². The van der Waals surface area contributed by atoms with E-state index in [0.717, 1.165) is 16.9 Å². The highest BCUT2D eigenvalue weighted by atomic mass is 16.5. The number of benzene rings is 1. The van der Waals surface area contributed by atoms with E-state index in [1.807, 2.05) is 25.1 Å². The predicted molar refractivity (Wildman–Crippen MR) is 79.3 cm³/mol. The molecular formula is C15H21N3O3. The Morgan fingerprint density at radius 2 is 2.10 bits per heavy atom. The number of hydrogen-bond acceptors (Lipinski definition) is 4. The molecule has 0 saturated carbocycles. The Morgan fingerprint density at radius 1 is 1.38 bits per heavy atom. The number of nitrogens with one attached hydrogen (secondary N) is 1. The molecule has 1 saturated heterocycles. The van der Waals surface area contributed by atoms with Crippen LogP contribution in [0.15, 0.2) is 18.2 Å². The lowest BCUT2D eigenvalue weighted by Crippen LogP contribution is -2.38. The minimum absolute atomic E-state index is 0.139. The predicted octanol–water partition coefficient (Wildman–Crippen LogP) is 1.16. The molecule has 1 fully saturated rings. The van der Waals surface area contributed by atoms with Gasteiger partial charge in [0.1, 0.15) is 12.3 Å². The lowest BCUT2D eigenvalue weighted by molar-refractivity contribution is -0.125. The molecule has 0 spiro atoms. The Balaban J connectivity index is 2.26. The summed E-state index contributed by atoms with van der Waals surface area (Å²) < 4.78 is 5.38. The fourth-order valence-electron chi connectivity index (χ4n) is 2.50. The van der Waals surface area contributed by atoms with E-state index in [4.69, 9.17) is 4.74 Å². The van der Waals surface area contributed by atoms with Crippen LogP contribution in [0.3, 0.4) is 0 Å². The number of methoxy groups -OCH3 is 1. The third-order valence-electron chi connectivity index (χ3n) is 3.71. The molecule has 0 aliphatic carbocycles. The van der Waals surface area contributed by atoms with Crippen molar-refractivity contribution < 1.29 is 14.3 Å². The zero-order valence-corrected chi connectivity index (χ0v) is 12.8. The first-order valence-electron chi connectivity index (χ1n) is 6.85. The summed E-state index contributed by atoms with van der Waals surface area (Å²) in [5.74, 6) is 0.571. The second-order valence-electron chi connectivity index (χ2n) is 5.23. The number of ether oxygens (including phenoxy) is 1. The Bertz CT molecular complexity index is 559. The summed E-state index contributed by atoms with van der Waals surface area (Å²) in [6.45, 7) is 2.42. The van der Waals surface area contributed by atoms with Crippen LogP contribution in [0.2, 0.25) is 0 Å². The van der Waals surface area contributed by atoms with Crippen LogP contribution >= 0.6 is 0 Å². The van der Waals surface area contributed by atoms with Gasteiger partial charge in [-0.1, -0.05) is 17.7 Å².